The molecule has 4 heterocycles. The summed E-state index contributed by atoms with van der Waals surface area (Å²) in [4.78, 5) is 22.8. The Morgan fingerprint density at radius 2 is 2.03 bits per heavy atom. The minimum Gasteiger partial charge on any atom is -0.444 e. The van der Waals surface area contributed by atoms with Gasteiger partial charge in [0, 0.05) is 30.6 Å². The van der Waals surface area contributed by atoms with Gasteiger partial charge in [-0.1, -0.05) is 11.3 Å². The molecule has 0 radical (unpaired) electrons. The molecule has 0 bridgehead atoms. The van der Waals surface area contributed by atoms with Gasteiger partial charge in [-0.25, -0.2) is 14.2 Å². The zero-order valence-electron chi connectivity index (χ0n) is 18.6. The summed E-state index contributed by atoms with van der Waals surface area (Å²) in [7, 11) is 0. The van der Waals surface area contributed by atoms with Crippen LogP contribution in [0.15, 0.2) is 24.4 Å². The van der Waals surface area contributed by atoms with Gasteiger partial charge in [0.2, 0.25) is 0 Å². The second-order valence-electron chi connectivity index (χ2n) is 9.84. The van der Waals surface area contributed by atoms with Gasteiger partial charge < -0.3 is 9.64 Å². The number of ether oxygens (including phenoxy) is 1. The third kappa shape index (κ3) is 3.65. The second kappa shape index (κ2) is 7.14. The normalized spacial score (nSPS) is 17.9. The lowest BCUT2D eigenvalue weighted by atomic mass is 10.1. The molecule has 2 aliphatic rings. The van der Waals surface area contributed by atoms with Gasteiger partial charge >= 0.3 is 6.09 Å². The molecule has 0 unspecified atom stereocenters. The van der Waals surface area contributed by atoms with Crippen molar-refractivity contribution in [3.05, 3.63) is 30.2 Å². The summed E-state index contributed by atoms with van der Waals surface area (Å²) in [5.74, 6) is -0.322. The molecule has 172 valence electrons. The van der Waals surface area contributed by atoms with E-state index in [-0.39, 0.29) is 17.4 Å². The van der Waals surface area contributed by atoms with Crippen molar-refractivity contribution >= 4 is 54.2 Å². The fourth-order valence-corrected chi connectivity index (χ4v) is 6.70. The van der Waals surface area contributed by atoms with E-state index in [4.69, 9.17) is 9.72 Å². The molecule has 1 aliphatic heterocycles. The first-order chi connectivity index (χ1) is 15.7. The standard InChI is InChI=1S/C23H24FN5O2S2/c1-22(2,3)31-21(30)29-7-6-28(12-23(29)4-5-23)17-10-16-20(33-17)26-19(32-16)13-8-14-11-25-27-18(14)15(24)9-13/h8-11H,4-7,12H2,1-3H3,(H,25,27). The number of benzene rings is 1. The Balaban J connectivity index is 1.23. The minimum absolute atomic E-state index is 0.117. The van der Waals surface area contributed by atoms with E-state index < -0.39 is 5.60 Å². The maximum atomic E-state index is 14.4. The molecule has 1 aliphatic carbocycles. The fraction of sp³-hybridized carbons (Fsp3) is 0.435. The van der Waals surface area contributed by atoms with Crippen LogP contribution in [-0.4, -0.2) is 56.9 Å². The highest BCUT2D eigenvalue weighted by atomic mass is 32.1. The molecule has 1 spiro atoms. The molecular formula is C23H24FN5O2S2. The van der Waals surface area contributed by atoms with Gasteiger partial charge in [0.15, 0.2) is 0 Å². The second-order valence-corrected chi connectivity index (χ2v) is 11.9. The highest BCUT2D eigenvalue weighted by Gasteiger charge is 2.54. The van der Waals surface area contributed by atoms with Crippen molar-refractivity contribution in [3.63, 3.8) is 0 Å². The minimum atomic E-state index is -0.489. The number of hydrogen-bond donors (Lipinski definition) is 1. The smallest absolute Gasteiger partial charge is 0.410 e. The van der Waals surface area contributed by atoms with Crippen molar-refractivity contribution in [3.8, 4) is 10.6 Å². The Hall–Kier alpha value is -2.72. The average molecular weight is 486 g/mol. The number of halogens is 1. The Morgan fingerprint density at radius 1 is 1.21 bits per heavy atom. The van der Waals surface area contributed by atoms with E-state index in [2.05, 4.69) is 21.2 Å². The van der Waals surface area contributed by atoms with Gasteiger partial charge in [0.1, 0.15) is 26.8 Å². The number of piperazine rings is 1. The summed E-state index contributed by atoms with van der Waals surface area (Å²) in [6.07, 6.45) is 3.43. The number of rotatable bonds is 2. The van der Waals surface area contributed by atoms with E-state index in [1.807, 2.05) is 31.7 Å². The topological polar surface area (TPSA) is 74.3 Å². The monoisotopic (exact) mass is 485 g/mol. The predicted octanol–water partition coefficient (Wildman–Crippen LogP) is 5.63. The number of thiophene rings is 1. The molecule has 1 saturated heterocycles. The molecule has 10 heteroatoms. The highest BCUT2D eigenvalue weighted by molar-refractivity contribution is 7.30. The first-order valence-corrected chi connectivity index (χ1v) is 12.6. The molecule has 7 nitrogen and oxygen atoms in total. The van der Waals surface area contributed by atoms with Crippen LogP contribution < -0.4 is 4.90 Å². The molecule has 1 saturated carbocycles. The molecule has 4 aromatic rings. The summed E-state index contributed by atoms with van der Waals surface area (Å²) in [6, 6.07) is 5.60. The fourth-order valence-electron chi connectivity index (χ4n) is 4.48. The van der Waals surface area contributed by atoms with Crippen LogP contribution in [0.3, 0.4) is 0 Å². The third-order valence-electron chi connectivity index (χ3n) is 6.23. The number of anilines is 1. The lowest BCUT2D eigenvalue weighted by Gasteiger charge is -2.42. The largest absolute Gasteiger partial charge is 0.444 e. The lowest BCUT2D eigenvalue weighted by Crippen LogP contribution is -2.57. The number of fused-ring (bicyclic) bond motifs is 2. The van der Waals surface area contributed by atoms with Crippen molar-refractivity contribution in [2.75, 3.05) is 24.5 Å². The van der Waals surface area contributed by atoms with E-state index in [0.29, 0.717) is 12.1 Å². The quantitative estimate of drug-likeness (QED) is 0.398. The predicted molar refractivity (Wildman–Crippen MR) is 130 cm³/mol. The SMILES string of the molecule is CC(C)(C)OC(=O)N1CCN(c2cc3sc(-c4cc(F)c5[nH]ncc5c4)nc3s2)CC12CC2. The third-order valence-corrected chi connectivity index (χ3v) is 8.50. The number of aromatic nitrogens is 3. The van der Waals surface area contributed by atoms with Crippen LogP contribution in [0.25, 0.3) is 31.0 Å². The molecule has 6 rings (SSSR count). The summed E-state index contributed by atoms with van der Waals surface area (Å²) in [5.41, 5.74) is 0.573. The highest BCUT2D eigenvalue weighted by Crippen LogP contribution is 2.47. The number of thiazole rings is 1. The van der Waals surface area contributed by atoms with Crippen LogP contribution in [0.2, 0.25) is 0 Å². The van der Waals surface area contributed by atoms with Crippen LogP contribution in [-0.2, 0) is 4.74 Å². The number of hydrogen-bond acceptors (Lipinski definition) is 7. The van der Waals surface area contributed by atoms with Crippen molar-refractivity contribution in [2.24, 2.45) is 0 Å². The van der Waals surface area contributed by atoms with Crippen LogP contribution in [0.5, 0.6) is 0 Å². The molecule has 33 heavy (non-hydrogen) atoms. The van der Waals surface area contributed by atoms with Crippen LogP contribution in [0, 0.1) is 5.82 Å². The maximum absolute atomic E-state index is 14.4. The van der Waals surface area contributed by atoms with E-state index in [0.717, 1.165) is 51.4 Å². The Labute approximate surface area is 198 Å². The van der Waals surface area contributed by atoms with Gasteiger partial charge in [-0.3, -0.25) is 10.00 Å². The lowest BCUT2D eigenvalue weighted by molar-refractivity contribution is 0.0107. The zero-order chi connectivity index (χ0) is 23.0. The number of aromatic amines is 1. The van der Waals surface area contributed by atoms with E-state index in [9.17, 15) is 9.18 Å². The molecule has 1 N–H and O–H groups in total. The van der Waals surface area contributed by atoms with Crippen LogP contribution in [0.4, 0.5) is 14.2 Å². The molecule has 3 aromatic heterocycles. The number of amides is 1. The van der Waals surface area contributed by atoms with Crippen molar-refractivity contribution in [1.82, 2.24) is 20.1 Å². The van der Waals surface area contributed by atoms with Crippen LogP contribution >= 0.6 is 22.7 Å². The van der Waals surface area contributed by atoms with Crippen LogP contribution in [0.1, 0.15) is 33.6 Å². The van der Waals surface area contributed by atoms with Gasteiger partial charge in [-0.2, -0.15) is 5.10 Å². The van der Waals surface area contributed by atoms with Crippen molar-refractivity contribution in [2.45, 2.75) is 44.8 Å². The summed E-state index contributed by atoms with van der Waals surface area (Å²) in [6.45, 7) is 7.95. The number of carbonyl (C=O) groups excluding carboxylic acids is 1. The first-order valence-electron chi connectivity index (χ1n) is 11.0. The number of carbonyl (C=O) groups is 1. The van der Waals surface area contributed by atoms with E-state index >= 15 is 0 Å². The summed E-state index contributed by atoms with van der Waals surface area (Å²) in [5, 5.41) is 9.32. The molecule has 1 amide bonds. The molecular weight excluding hydrogens is 461 g/mol. The van der Waals surface area contributed by atoms with E-state index in [1.165, 1.54) is 11.1 Å². The Bertz CT molecular complexity index is 1350. The van der Waals surface area contributed by atoms with Gasteiger partial charge in [0.25, 0.3) is 0 Å². The summed E-state index contributed by atoms with van der Waals surface area (Å²) >= 11 is 3.23. The van der Waals surface area contributed by atoms with Gasteiger partial charge in [-0.15, -0.1) is 11.3 Å². The Kier molecular flexibility index (Phi) is 4.51. The zero-order valence-corrected chi connectivity index (χ0v) is 20.3. The van der Waals surface area contributed by atoms with Crippen molar-refractivity contribution < 1.29 is 13.9 Å². The molecule has 2 fully saturated rings. The number of nitrogens with zero attached hydrogens (tertiary/aromatic N) is 4. The first kappa shape index (κ1) is 20.9. The summed E-state index contributed by atoms with van der Waals surface area (Å²) < 4.78 is 21.1. The molecule has 0 atom stereocenters. The molecule has 1 aromatic carbocycles. The Morgan fingerprint density at radius 3 is 2.76 bits per heavy atom. The van der Waals surface area contributed by atoms with Gasteiger partial charge in [-0.05, 0) is 51.8 Å². The average Bonchev–Trinajstić information content (AvgIpc) is 3.11. The van der Waals surface area contributed by atoms with E-state index in [1.54, 1.807) is 28.9 Å². The number of H-pyrrole nitrogens is 1. The van der Waals surface area contributed by atoms with Gasteiger partial charge in [0.05, 0.1) is 21.4 Å². The number of nitrogens with one attached hydrogen (secondary N) is 1. The van der Waals surface area contributed by atoms with Crippen molar-refractivity contribution in [1.29, 1.82) is 0 Å². The maximum Gasteiger partial charge on any atom is 0.410 e.